The summed E-state index contributed by atoms with van der Waals surface area (Å²) in [5.41, 5.74) is 0. The summed E-state index contributed by atoms with van der Waals surface area (Å²) in [6.45, 7) is 2.55. The van der Waals surface area contributed by atoms with Crippen LogP contribution in [0.25, 0.3) is 0 Å². The summed E-state index contributed by atoms with van der Waals surface area (Å²) in [7, 11) is 0. The van der Waals surface area contributed by atoms with Gasteiger partial charge in [0.1, 0.15) is 0 Å². The minimum atomic E-state index is -0.147. The summed E-state index contributed by atoms with van der Waals surface area (Å²) in [5, 5.41) is 3.77. The lowest BCUT2D eigenvalue weighted by atomic mass is 9.81. The van der Waals surface area contributed by atoms with E-state index in [4.69, 9.17) is 0 Å². The first-order chi connectivity index (χ1) is 11.1. The van der Waals surface area contributed by atoms with Gasteiger partial charge in [-0.1, -0.05) is 12.8 Å². The van der Waals surface area contributed by atoms with Crippen LogP contribution in [0.2, 0.25) is 0 Å². The van der Waals surface area contributed by atoms with Gasteiger partial charge in [0.05, 0.1) is 23.4 Å². The van der Waals surface area contributed by atoms with Crippen molar-refractivity contribution in [3.8, 4) is 0 Å². The summed E-state index contributed by atoms with van der Waals surface area (Å²) in [6, 6.07) is 0. The topological polar surface area (TPSA) is 79.4 Å². The van der Waals surface area contributed by atoms with E-state index in [1.165, 1.54) is 4.90 Å². The predicted molar refractivity (Wildman–Crippen MR) is 85.5 cm³/mol. The molecule has 0 spiro atoms. The van der Waals surface area contributed by atoms with Gasteiger partial charge in [-0.2, -0.15) is 0 Å². The molecule has 1 N–H and O–H groups in total. The number of thiazole rings is 1. The molecule has 2 aliphatic rings. The monoisotopic (exact) mass is 335 g/mol. The fourth-order valence-electron chi connectivity index (χ4n) is 3.43. The number of fused-ring (bicyclic) bond motifs is 1. The standard InChI is InChI=1S/C16H21N3O3S/c1-10-17-8-11(23-10)9-18-14(20)6-7-19-15(21)12-4-2-3-5-13(12)16(19)22/h8,12-13H,2-7,9H2,1H3,(H,18,20). The van der Waals surface area contributed by atoms with Crippen molar-refractivity contribution in [1.82, 2.24) is 15.2 Å². The molecule has 2 atom stereocenters. The number of amides is 3. The van der Waals surface area contributed by atoms with Gasteiger partial charge in [-0.05, 0) is 19.8 Å². The Morgan fingerprint density at radius 1 is 1.30 bits per heavy atom. The van der Waals surface area contributed by atoms with Gasteiger partial charge in [-0.25, -0.2) is 4.98 Å². The average Bonchev–Trinajstić information content (AvgIpc) is 3.07. The highest BCUT2D eigenvalue weighted by Crippen LogP contribution is 2.37. The molecule has 0 radical (unpaired) electrons. The van der Waals surface area contributed by atoms with Gasteiger partial charge in [0.2, 0.25) is 17.7 Å². The van der Waals surface area contributed by atoms with Gasteiger partial charge in [-0.3, -0.25) is 19.3 Å². The first-order valence-electron chi connectivity index (χ1n) is 8.09. The van der Waals surface area contributed by atoms with E-state index in [-0.39, 0.29) is 42.5 Å². The van der Waals surface area contributed by atoms with Crippen LogP contribution in [0.3, 0.4) is 0 Å². The summed E-state index contributed by atoms with van der Waals surface area (Å²) < 4.78 is 0. The maximum atomic E-state index is 12.3. The highest BCUT2D eigenvalue weighted by atomic mass is 32.1. The molecule has 2 unspecified atom stereocenters. The smallest absolute Gasteiger partial charge is 0.233 e. The quantitative estimate of drug-likeness (QED) is 0.830. The fourth-order valence-corrected chi connectivity index (χ4v) is 4.16. The van der Waals surface area contributed by atoms with Crippen LogP contribution in [0.5, 0.6) is 0 Å². The number of aromatic nitrogens is 1. The molecule has 1 aliphatic carbocycles. The number of aryl methyl sites for hydroxylation is 1. The number of likely N-dealkylation sites (tertiary alicyclic amines) is 1. The summed E-state index contributed by atoms with van der Waals surface area (Å²) >= 11 is 1.54. The second-order valence-electron chi connectivity index (χ2n) is 6.20. The lowest BCUT2D eigenvalue weighted by molar-refractivity contribution is -0.140. The fraction of sp³-hybridized carbons (Fsp3) is 0.625. The minimum Gasteiger partial charge on any atom is -0.351 e. The molecule has 1 aliphatic heterocycles. The Bertz CT molecular complexity index is 604. The van der Waals surface area contributed by atoms with Gasteiger partial charge in [-0.15, -0.1) is 11.3 Å². The molecule has 2 fully saturated rings. The third-order valence-electron chi connectivity index (χ3n) is 4.62. The Morgan fingerprint density at radius 3 is 2.52 bits per heavy atom. The van der Waals surface area contributed by atoms with Gasteiger partial charge < -0.3 is 5.32 Å². The summed E-state index contributed by atoms with van der Waals surface area (Å²) in [6.07, 6.45) is 5.56. The number of hydrogen-bond donors (Lipinski definition) is 1. The van der Waals surface area contributed by atoms with E-state index in [2.05, 4.69) is 10.3 Å². The van der Waals surface area contributed by atoms with Crippen molar-refractivity contribution in [2.75, 3.05) is 6.54 Å². The third kappa shape index (κ3) is 3.44. The maximum absolute atomic E-state index is 12.3. The van der Waals surface area contributed by atoms with Gasteiger partial charge in [0.25, 0.3) is 0 Å². The normalized spacial score (nSPS) is 24.0. The van der Waals surface area contributed by atoms with Gasteiger partial charge >= 0.3 is 0 Å². The zero-order chi connectivity index (χ0) is 16.4. The number of imide groups is 1. The van der Waals surface area contributed by atoms with E-state index < -0.39 is 0 Å². The van der Waals surface area contributed by atoms with E-state index in [1.54, 1.807) is 17.5 Å². The van der Waals surface area contributed by atoms with Crippen molar-refractivity contribution < 1.29 is 14.4 Å². The highest BCUT2D eigenvalue weighted by Gasteiger charge is 2.47. The number of nitrogens with one attached hydrogen (secondary N) is 1. The van der Waals surface area contributed by atoms with Crippen LogP contribution in [-0.2, 0) is 20.9 Å². The summed E-state index contributed by atoms with van der Waals surface area (Å²) in [5.74, 6) is -0.582. The molecular weight excluding hydrogens is 314 g/mol. The van der Waals surface area contributed by atoms with E-state index in [1.807, 2.05) is 6.92 Å². The molecule has 1 saturated heterocycles. The van der Waals surface area contributed by atoms with Crippen molar-refractivity contribution in [1.29, 1.82) is 0 Å². The Morgan fingerprint density at radius 2 is 1.96 bits per heavy atom. The zero-order valence-electron chi connectivity index (χ0n) is 13.2. The van der Waals surface area contributed by atoms with Crippen LogP contribution in [-0.4, -0.2) is 34.2 Å². The molecule has 3 amide bonds. The van der Waals surface area contributed by atoms with Gasteiger partial charge in [0, 0.05) is 24.0 Å². The largest absolute Gasteiger partial charge is 0.351 e. The molecule has 6 nitrogen and oxygen atoms in total. The first kappa shape index (κ1) is 16.1. The van der Waals surface area contributed by atoms with Crippen LogP contribution in [0, 0.1) is 18.8 Å². The molecule has 0 aromatic carbocycles. The second kappa shape index (κ2) is 6.78. The van der Waals surface area contributed by atoms with Crippen molar-refractivity contribution >= 4 is 29.1 Å². The Labute approximate surface area is 139 Å². The van der Waals surface area contributed by atoms with Crippen LogP contribution in [0.1, 0.15) is 42.0 Å². The SMILES string of the molecule is Cc1ncc(CNC(=O)CCN2C(=O)C3CCCCC3C2=O)s1. The van der Waals surface area contributed by atoms with Crippen molar-refractivity contribution in [2.45, 2.75) is 45.6 Å². The first-order valence-corrected chi connectivity index (χ1v) is 8.91. The minimum absolute atomic E-state index is 0.0782. The van der Waals surface area contributed by atoms with Crippen molar-refractivity contribution in [2.24, 2.45) is 11.8 Å². The Kier molecular flexibility index (Phi) is 4.75. The van der Waals surface area contributed by atoms with Crippen LogP contribution in [0.4, 0.5) is 0 Å². The summed E-state index contributed by atoms with van der Waals surface area (Å²) in [4.78, 5) is 43.0. The molecule has 3 rings (SSSR count). The van der Waals surface area contributed by atoms with Crippen LogP contribution >= 0.6 is 11.3 Å². The molecule has 0 bridgehead atoms. The van der Waals surface area contributed by atoms with E-state index in [9.17, 15) is 14.4 Å². The highest BCUT2D eigenvalue weighted by molar-refractivity contribution is 7.11. The van der Waals surface area contributed by atoms with Gasteiger partial charge in [0.15, 0.2) is 0 Å². The molecule has 23 heavy (non-hydrogen) atoms. The predicted octanol–water partition coefficient (Wildman–Crippen LogP) is 1.63. The molecule has 7 heteroatoms. The van der Waals surface area contributed by atoms with E-state index in [0.29, 0.717) is 6.54 Å². The molecule has 1 aromatic heterocycles. The number of hydrogen-bond acceptors (Lipinski definition) is 5. The van der Waals surface area contributed by atoms with Crippen LogP contribution in [0.15, 0.2) is 6.20 Å². The van der Waals surface area contributed by atoms with E-state index in [0.717, 1.165) is 35.6 Å². The number of carbonyl (C=O) groups excluding carboxylic acids is 3. The zero-order valence-corrected chi connectivity index (χ0v) is 14.0. The molecule has 1 saturated carbocycles. The lowest BCUT2D eigenvalue weighted by Crippen LogP contribution is -2.35. The lowest BCUT2D eigenvalue weighted by Gasteiger charge is -2.19. The van der Waals surface area contributed by atoms with Crippen molar-refractivity contribution in [3.63, 3.8) is 0 Å². The molecule has 124 valence electrons. The Hall–Kier alpha value is -1.76. The Balaban J connectivity index is 1.48. The average molecular weight is 335 g/mol. The number of nitrogens with zero attached hydrogens (tertiary/aromatic N) is 2. The second-order valence-corrected chi connectivity index (χ2v) is 7.52. The molecular formula is C16H21N3O3S. The van der Waals surface area contributed by atoms with Crippen molar-refractivity contribution in [3.05, 3.63) is 16.1 Å². The van der Waals surface area contributed by atoms with Crippen LogP contribution < -0.4 is 5.32 Å². The number of carbonyl (C=O) groups is 3. The molecule has 2 heterocycles. The van der Waals surface area contributed by atoms with E-state index >= 15 is 0 Å². The third-order valence-corrected chi connectivity index (χ3v) is 5.54. The maximum Gasteiger partial charge on any atom is 0.233 e. The number of rotatable bonds is 5. The molecule has 1 aromatic rings.